The van der Waals surface area contributed by atoms with Crippen LogP contribution < -0.4 is 15.5 Å². The van der Waals surface area contributed by atoms with Gasteiger partial charge in [0.15, 0.2) is 0 Å². The third-order valence-corrected chi connectivity index (χ3v) is 8.42. The summed E-state index contributed by atoms with van der Waals surface area (Å²) in [4.78, 5) is 58.7. The lowest BCUT2D eigenvalue weighted by Gasteiger charge is -2.26. The van der Waals surface area contributed by atoms with Gasteiger partial charge in [-0.1, -0.05) is 30.3 Å². The molecule has 9 nitrogen and oxygen atoms in total. The molecule has 2 N–H and O–H groups in total. The number of rotatable bonds is 11. The topological polar surface area (TPSA) is 112 Å². The van der Waals surface area contributed by atoms with Crippen LogP contribution in [-0.4, -0.2) is 60.6 Å². The lowest BCUT2D eigenvalue weighted by molar-refractivity contribution is -0.108. The Morgan fingerprint density at radius 2 is 1.65 bits per heavy atom. The molecule has 1 aromatic heterocycles. The molecule has 3 aromatic carbocycles. The molecule has 4 aromatic rings. The molecule has 0 spiro atoms. The third-order valence-electron chi connectivity index (χ3n) is 8.42. The van der Waals surface area contributed by atoms with Crippen molar-refractivity contribution in [3.63, 3.8) is 0 Å². The molecule has 0 aliphatic heterocycles. The van der Waals surface area contributed by atoms with E-state index in [0.29, 0.717) is 34.4 Å². The van der Waals surface area contributed by atoms with Crippen molar-refractivity contribution in [2.24, 2.45) is 0 Å². The summed E-state index contributed by atoms with van der Waals surface area (Å²) in [6, 6.07) is 23.8. The van der Waals surface area contributed by atoms with Gasteiger partial charge >= 0.3 is 0 Å². The van der Waals surface area contributed by atoms with Crippen molar-refractivity contribution in [1.29, 1.82) is 0 Å². The number of benzene rings is 3. The van der Waals surface area contributed by atoms with Crippen molar-refractivity contribution < 1.29 is 19.2 Å². The summed E-state index contributed by atoms with van der Waals surface area (Å²) in [5.41, 5.74) is 6.17. The average Bonchev–Trinajstić information content (AvgIpc) is 3.09. The fourth-order valence-electron chi connectivity index (χ4n) is 5.91. The van der Waals surface area contributed by atoms with Crippen LogP contribution in [0.5, 0.6) is 0 Å². The summed E-state index contributed by atoms with van der Waals surface area (Å²) in [5, 5.41) is 6.22. The van der Waals surface area contributed by atoms with E-state index in [-0.39, 0.29) is 30.0 Å². The van der Waals surface area contributed by atoms with Gasteiger partial charge < -0.3 is 25.2 Å². The molecule has 1 aliphatic rings. The van der Waals surface area contributed by atoms with Crippen LogP contribution in [0.25, 0.3) is 11.3 Å². The predicted octanol–water partition coefficient (Wildman–Crippen LogP) is 5.93. The lowest BCUT2D eigenvalue weighted by atomic mass is 9.87. The zero-order valence-electron chi connectivity index (χ0n) is 26.5. The Kier molecular flexibility index (Phi) is 10.2. The number of likely N-dealkylation sites (N-methyl/N-ethyl adjacent to an activating group) is 1. The van der Waals surface area contributed by atoms with Crippen LogP contribution in [0, 0.1) is 0 Å². The molecule has 0 radical (unpaired) electrons. The van der Waals surface area contributed by atoms with Gasteiger partial charge in [-0.2, -0.15) is 0 Å². The van der Waals surface area contributed by atoms with Crippen molar-refractivity contribution in [2.45, 2.75) is 39.2 Å². The molecule has 0 unspecified atom stereocenters. The monoisotopic (exact) mass is 617 g/mol. The second-order valence-electron chi connectivity index (χ2n) is 11.3. The number of aryl methyl sites for hydroxylation is 1. The highest BCUT2D eigenvalue weighted by Gasteiger charge is 2.23. The minimum Gasteiger partial charge on any atom is -0.372 e. The van der Waals surface area contributed by atoms with Crippen LogP contribution in [0.15, 0.2) is 85.1 Å². The van der Waals surface area contributed by atoms with Crippen LogP contribution in [0.3, 0.4) is 0 Å². The maximum absolute atomic E-state index is 13.5. The molecule has 1 heterocycles. The van der Waals surface area contributed by atoms with E-state index < -0.39 is 5.91 Å². The first-order valence-corrected chi connectivity index (χ1v) is 15.7. The number of nitrogens with zero attached hydrogens (tertiary/aromatic N) is 3. The zero-order valence-corrected chi connectivity index (χ0v) is 26.5. The van der Waals surface area contributed by atoms with Gasteiger partial charge in [-0.15, -0.1) is 0 Å². The number of fused-ring (bicyclic) bond motifs is 1. The number of pyridine rings is 1. The van der Waals surface area contributed by atoms with Crippen molar-refractivity contribution in [1.82, 2.24) is 15.2 Å². The molecule has 0 saturated carbocycles. The smallest absolute Gasteiger partial charge is 0.255 e. The largest absolute Gasteiger partial charge is 0.372 e. The Morgan fingerprint density at radius 1 is 0.891 bits per heavy atom. The maximum Gasteiger partial charge on any atom is 0.255 e. The fraction of sp³-hybridized carbons (Fsp3) is 0.270. The predicted molar refractivity (Wildman–Crippen MR) is 180 cm³/mol. The number of nitrogens with one attached hydrogen (secondary N) is 2. The van der Waals surface area contributed by atoms with E-state index in [4.69, 9.17) is 0 Å². The highest BCUT2D eigenvalue weighted by Crippen LogP contribution is 2.33. The Labute approximate surface area is 269 Å². The summed E-state index contributed by atoms with van der Waals surface area (Å²) in [7, 11) is 1.53. The molecule has 5 rings (SSSR count). The lowest BCUT2D eigenvalue weighted by Crippen LogP contribution is -2.31. The highest BCUT2D eigenvalue weighted by atomic mass is 16.2. The van der Waals surface area contributed by atoms with E-state index in [1.54, 1.807) is 36.5 Å². The van der Waals surface area contributed by atoms with Gasteiger partial charge in [0.2, 0.25) is 0 Å². The van der Waals surface area contributed by atoms with Crippen LogP contribution in [0.1, 0.15) is 74.9 Å². The molecule has 0 bridgehead atoms. The van der Waals surface area contributed by atoms with E-state index in [9.17, 15) is 19.2 Å². The van der Waals surface area contributed by atoms with E-state index in [1.807, 2.05) is 30.3 Å². The normalized spacial score (nSPS) is 13.7. The highest BCUT2D eigenvalue weighted by molar-refractivity contribution is 6.08. The second-order valence-corrected chi connectivity index (χ2v) is 11.3. The van der Waals surface area contributed by atoms with Gasteiger partial charge in [0, 0.05) is 54.3 Å². The molecule has 0 fully saturated rings. The van der Waals surface area contributed by atoms with Crippen LogP contribution in [0.2, 0.25) is 0 Å². The molecule has 1 aliphatic carbocycles. The minimum absolute atomic E-state index is 0.0461. The number of hydrogen-bond donors (Lipinski definition) is 2. The van der Waals surface area contributed by atoms with E-state index in [2.05, 4.69) is 46.5 Å². The maximum atomic E-state index is 13.5. The first-order valence-electron chi connectivity index (χ1n) is 15.7. The SMILES string of the molecule is CCN(CC)c1ccc(NC(=O)c2cccc(C(=O)N(C)CC=O)c2)c(-c2cc(C(=O)N[C@H]3CCCc4ccccc43)ccn2)c1. The van der Waals surface area contributed by atoms with Crippen molar-refractivity contribution in [3.05, 3.63) is 113 Å². The van der Waals surface area contributed by atoms with Gasteiger partial charge in [-0.25, -0.2) is 0 Å². The molecule has 46 heavy (non-hydrogen) atoms. The Balaban J connectivity index is 1.45. The number of hydrogen-bond acceptors (Lipinski definition) is 6. The quantitative estimate of drug-likeness (QED) is 0.202. The number of aldehydes is 1. The third kappa shape index (κ3) is 7.15. The Morgan fingerprint density at radius 3 is 2.43 bits per heavy atom. The standard InChI is InChI=1S/C37H39N5O4/c1-4-42(5-2)29-16-17-33(40-35(44)26-12-8-13-28(22-26)37(46)41(3)20-21-43)31(24-29)34-23-27(18-19-38-34)36(45)39-32-15-9-11-25-10-6-7-14-30(25)32/h6-8,10,12-14,16-19,21-24,32H,4-5,9,11,15,20H2,1-3H3,(H,39,45)(H,40,44)/t32-/m0/s1. The molecule has 9 heteroatoms. The summed E-state index contributed by atoms with van der Waals surface area (Å²) >= 11 is 0. The van der Waals surface area contributed by atoms with E-state index in [1.165, 1.54) is 23.6 Å². The molecule has 3 amide bonds. The summed E-state index contributed by atoms with van der Waals surface area (Å²) in [6.07, 6.45) is 5.16. The number of aromatic nitrogens is 1. The van der Waals surface area contributed by atoms with Crippen LogP contribution >= 0.6 is 0 Å². The van der Waals surface area contributed by atoms with Gasteiger partial charge in [-0.05, 0) is 92.8 Å². The summed E-state index contributed by atoms with van der Waals surface area (Å²) < 4.78 is 0. The van der Waals surface area contributed by atoms with Crippen LogP contribution in [0.4, 0.5) is 11.4 Å². The number of amides is 3. The van der Waals surface area contributed by atoms with Gasteiger partial charge in [-0.3, -0.25) is 19.4 Å². The first-order chi connectivity index (χ1) is 22.3. The van der Waals surface area contributed by atoms with Gasteiger partial charge in [0.1, 0.15) is 6.29 Å². The minimum atomic E-state index is -0.408. The molecule has 0 saturated heterocycles. The number of carbonyl (C=O) groups is 4. The Hall–Kier alpha value is -5.31. The summed E-state index contributed by atoms with van der Waals surface area (Å²) in [6.45, 7) is 5.69. The van der Waals surface area contributed by atoms with Crippen LogP contribution in [-0.2, 0) is 11.2 Å². The van der Waals surface area contributed by atoms with Gasteiger partial charge in [0.05, 0.1) is 24.0 Å². The van der Waals surface area contributed by atoms with Crippen molar-refractivity contribution in [3.8, 4) is 11.3 Å². The number of anilines is 2. The van der Waals surface area contributed by atoms with Gasteiger partial charge in [0.25, 0.3) is 17.7 Å². The molecule has 236 valence electrons. The first kappa shape index (κ1) is 32.1. The molecular formula is C37H39N5O4. The van der Waals surface area contributed by atoms with Crippen molar-refractivity contribution >= 4 is 35.4 Å². The average molecular weight is 618 g/mol. The second kappa shape index (κ2) is 14.6. The van der Waals surface area contributed by atoms with E-state index >= 15 is 0 Å². The zero-order chi connectivity index (χ0) is 32.6. The molecular weight excluding hydrogens is 578 g/mol. The Bertz CT molecular complexity index is 1750. The summed E-state index contributed by atoms with van der Waals surface area (Å²) in [5.74, 6) is -0.951. The van der Waals surface area contributed by atoms with E-state index in [0.717, 1.165) is 43.6 Å². The molecule has 1 atom stereocenters. The van der Waals surface area contributed by atoms with Crippen molar-refractivity contribution in [2.75, 3.05) is 36.9 Å². The fourth-order valence-corrected chi connectivity index (χ4v) is 5.91. The number of carbonyl (C=O) groups excluding carboxylic acids is 4.